The summed E-state index contributed by atoms with van der Waals surface area (Å²) in [6.07, 6.45) is 10.3. The molecule has 0 radical (unpaired) electrons. The van der Waals surface area contributed by atoms with Gasteiger partial charge in [-0.1, -0.05) is 68.0 Å². The zero-order valence-electron chi connectivity index (χ0n) is 25.7. The Bertz CT molecular complexity index is 1270. The van der Waals surface area contributed by atoms with Gasteiger partial charge in [0.15, 0.2) is 0 Å². The van der Waals surface area contributed by atoms with Crippen molar-refractivity contribution in [3.05, 3.63) is 60.2 Å². The quantitative estimate of drug-likeness (QED) is 0.251. The number of aliphatic hydroxyl groups excluding tert-OH is 1. The van der Waals surface area contributed by atoms with Gasteiger partial charge in [0.05, 0.1) is 18.6 Å². The van der Waals surface area contributed by atoms with Gasteiger partial charge in [0.1, 0.15) is 23.7 Å². The third-order valence-electron chi connectivity index (χ3n) is 9.38. The number of nitrogens with one attached hydrogen (secondary N) is 1. The van der Waals surface area contributed by atoms with E-state index in [2.05, 4.69) is 12.2 Å². The Balaban J connectivity index is 1.54. The molecule has 0 saturated carbocycles. The third kappa shape index (κ3) is 6.19. The number of fused-ring (bicyclic) bond motifs is 2. The fourth-order valence-corrected chi connectivity index (χ4v) is 7.18. The Hall–Kier alpha value is -3.50. The number of unbranched alkanes of at least 4 members (excludes halogenated alkanes) is 2. The lowest BCUT2D eigenvalue weighted by Gasteiger charge is -2.38. The maximum atomic E-state index is 14.6. The summed E-state index contributed by atoms with van der Waals surface area (Å²) in [4.78, 5) is 59.0. The molecule has 7 atom stereocenters. The molecule has 0 aromatic heterocycles. The summed E-state index contributed by atoms with van der Waals surface area (Å²) in [5.41, 5.74) is -0.553. The lowest BCUT2D eigenvalue weighted by atomic mass is 9.74. The standard InChI is InChI=1S/C34H45N3O7/c1-3-13-23(2)36-19-10-5-9-16-27(39)35-22-26(24-14-7-4-8-15-24)43-33(42)28-25-17-18-34(44-25)29(28)31(40)37(30(34)32(36)41)20-11-6-12-21-38/h4-5,7-8,10,14-15,17-18,23,25-26,28-30,38H,3,6,9,11-13,16,19-22H2,1-2H3,(H,35,39)/b10-5-/t23?,25-,26-,28+,29+,30-,34+/m0/s1. The zero-order chi connectivity index (χ0) is 31.3. The van der Waals surface area contributed by atoms with E-state index in [1.165, 1.54) is 0 Å². The smallest absolute Gasteiger partial charge is 0.313 e. The van der Waals surface area contributed by atoms with Crippen molar-refractivity contribution < 1.29 is 33.8 Å². The molecule has 4 aliphatic rings. The van der Waals surface area contributed by atoms with Crippen molar-refractivity contribution in [3.63, 3.8) is 0 Å². The van der Waals surface area contributed by atoms with Gasteiger partial charge in [-0.05, 0) is 44.6 Å². The lowest BCUT2D eigenvalue weighted by Crippen LogP contribution is -2.57. The first kappa shape index (κ1) is 31.9. The van der Waals surface area contributed by atoms with Crippen LogP contribution in [0.5, 0.6) is 0 Å². The predicted octanol–water partition coefficient (Wildman–Crippen LogP) is 3.07. The Morgan fingerprint density at radius 2 is 1.86 bits per heavy atom. The minimum absolute atomic E-state index is 0.0575. The second-order valence-electron chi connectivity index (χ2n) is 12.3. The van der Waals surface area contributed by atoms with Crippen molar-refractivity contribution in [2.24, 2.45) is 11.8 Å². The van der Waals surface area contributed by atoms with Crippen LogP contribution < -0.4 is 5.32 Å². The number of nitrogens with zero attached hydrogens (tertiary/aromatic N) is 2. The number of cyclic esters (lactones) is 1. The highest BCUT2D eigenvalue weighted by molar-refractivity contribution is 5.99. The van der Waals surface area contributed by atoms with E-state index in [0.29, 0.717) is 38.8 Å². The Kier molecular flexibility index (Phi) is 10.2. The van der Waals surface area contributed by atoms with Crippen LogP contribution in [0.3, 0.4) is 0 Å². The molecule has 2 saturated heterocycles. The van der Waals surface area contributed by atoms with Gasteiger partial charge in [-0.3, -0.25) is 19.2 Å². The van der Waals surface area contributed by atoms with E-state index in [4.69, 9.17) is 9.47 Å². The fourth-order valence-electron chi connectivity index (χ4n) is 7.18. The highest BCUT2D eigenvalue weighted by Crippen LogP contribution is 2.56. The summed E-state index contributed by atoms with van der Waals surface area (Å²) in [6.45, 7) is 4.88. The molecule has 1 spiro atoms. The van der Waals surface area contributed by atoms with E-state index in [1.807, 2.05) is 55.5 Å². The first-order valence-corrected chi connectivity index (χ1v) is 16.1. The molecule has 10 heteroatoms. The maximum absolute atomic E-state index is 14.6. The van der Waals surface area contributed by atoms with E-state index in [0.717, 1.165) is 18.4 Å². The number of rotatable bonds is 9. The van der Waals surface area contributed by atoms with Crippen molar-refractivity contribution in [2.75, 3.05) is 26.2 Å². The molecule has 5 rings (SSSR count). The summed E-state index contributed by atoms with van der Waals surface area (Å²) < 4.78 is 12.6. The summed E-state index contributed by atoms with van der Waals surface area (Å²) in [6, 6.07) is 8.19. The SMILES string of the molecule is CCCC(C)N1C/C=C\CCC(=O)NC[C@@H](c2ccccc2)OC(=O)[C@@H]2[C@@H]3C=C[C@]4(O3)[C@H](C1=O)N(CCCCCO)C(=O)[C@@H]24. The van der Waals surface area contributed by atoms with E-state index >= 15 is 0 Å². The second kappa shape index (κ2) is 14.1. The van der Waals surface area contributed by atoms with Crippen LogP contribution in [0.2, 0.25) is 0 Å². The molecule has 1 aromatic rings. The first-order valence-electron chi connectivity index (χ1n) is 16.1. The number of aliphatic hydroxyl groups is 1. The van der Waals surface area contributed by atoms with E-state index in [9.17, 15) is 24.3 Å². The monoisotopic (exact) mass is 607 g/mol. The average Bonchev–Trinajstić information content (AvgIpc) is 3.66. The van der Waals surface area contributed by atoms with Crippen molar-refractivity contribution >= 4 is 23.7 Å². The number of allylic oxidation sites excluding steroid dienone is 1. The number of carbonyl (C=O) groups is 4. The number of amides is 3. The van der Waals surface area contributed by atoms with Crippen LogP contribution in [0.15, 0.2) is 54.6 Å². The summed E-state index contributed by atoms with van der Waals surface area (Å²) in [5, 5.41) is 12.2. The third-order valence-corrected chi connectivity index (χ3v) is 9.38. The fraction of sp³-hybridized carbons (Fsp3) is 0.588. The van der Waals surface area contributed by atoms with Crippen LogP contribution in [-0.2, 0) is 28.7 Å². The van der Waals surface area contributed by atoms with E-state index in [1.54, 1.807) is 15.9 Å². The number of benzene rings is 1. The molecular formula is C34H45N3O7. The van der Waals surface area contributed by atoms with Gasteiger partial charge in [0, 0.05) is 32.2 Å². The Morgan fingerprint density at radius 3 is 2.61 bits per heavy atom. The molecule has 4 aliphatic heterocycles. The molecule has 2 N–H and O–H groups in total. The normalized spacial score (nSPS) is 32.0. The van der Waals surface area contributed by atoms with Gasteiger partial charge in [-0.15, -0.1) is 0 Å². The highest BCUT2D eigenvalue weighted by Gasteiger charge is 2.73. The molecule has 3 amide bonds. The minimum atomic E-state index is -1.28. The lowest BCUT2D eigenvalue weighted by molar-refractivity contribution is -0.159. The van der Waals surface area contributed by atoms with E-state index < -0.39 is 41.7 Å². The molecule has 238 valence electrons. The molecule has 0 aliphatic carbocycles. The van der Waals surface area contributed by atoms with Crippen molar-refractivity contribution in [1.29, 1.82) is 0 Å². The van der Waals surface area contributed by atoms with Crippen LogP contribution in [0.4, 0.5) is 0 Å². The largest absolute Gasteiger partial charge is 0.455 e. The average molecular weight is 608 g/mol. The molecule has 5 bridgehead atoms. The second-order valence-corrected chi connectivity index (χ2v) is 12.3. The van der Waals surface area contributed by atoms with Crippen molar-refractivity contribution in [3.8, 4) is 0 Å². The predicted molar refractivity (Wildman–Crippen MR) is 163 cm³/mol. The van der Waals surface area contributed by atoms with Gasteiger partial charge in [0.2, 0.25) is 17.7 Å². The number of carbonyl (C=O) groups excluding carboxylic acids is 4. The van der Waals surface area contributed by atoms with Crippen LogP contribution in [-0.4, -0.2) is 88.6 Å². The molecule has 2 fully saturated rings. The van der Waals surface area contributed by atoms with Gasteiger partial charge in [-0.2, -0.15) is 0 Å². The number of ether oxygens (including phenoxy) is 2. The Morgan fingerprint density at radius 1 is 1.07 bits per heavy atom. The number of esters is 1. The Labute approximate surface area is 259 Å². The van der Waals surface area contributed by atoms with Crippen LogP contribution in [0.25, 0.3) is 0 Å². The van der Waals surface area contributed by atoms with Crippen molar-refractivity contribution in [1.82, 2.24) is 15.1 Å². The highest BCUT2D eigenvalue weighted by atomic mass is 16.6. The van der Waals surface area contributed by atoms with Gasteiger partial charge < -0.3 is 29.7 Å². The van der Waals surface area contributed by atoms with Crippen LogP contribution in [0, 0.1) is 11.8 Å². The molecule has 4 heterocycles. The molecular weight excluding hydrogens is 562 g/mol. The van der Waals surface area contributed by atoms with Crippen molar-refractivity contribution in [2.45, 2.75) is 88.7 Å². The first-order chi connectivity index (χ1) is 21.3. The number of hydrogen-bond donors (Lipinski definition) is 2. The topological polar surface area (TPSA) is 125 Å². The van der Waals surface area contributed by atoms with Crippen LogP contribution >= 0.6 is 0 Å². The maximum Gasteiger partial charge on any atom is 0.313 e. The van der Waals surface area contributed by atoms with Gasteiger partial charge in [0.25, 0.3) is 0 Å². The number of likely N-dealkylation sites (tertiary alicyclic amines) is 1. The van der Waals surface area contributed by atoms with Gasteiger partial charge >= 0.3 is 5.97 Å². The number of hydrogen-bond acceptors (Lipinski definition) is 7. The summed E-state index contributed by atoms with van der Waals surface area (Å²) >= 11 is 0. The minimum Gasteiger partial charge on any atom is -0.455 e. The zero-order valence-corrected chi connectivity index (χ0v) is 25.7. The van der Waals surface area contributed by atoms with Crippen LogP contribution in [0.1, 0.15) is 70.5 Å². The molecule has 44 heavy (non-hydrogen) atoms. The molecule has 1 aromatic carbocycles. The van der Waals surface area contributed by atoms with Gasteiger partial charge in [-0.25, -0.2) is 0 Å². The molecule has 1 unspecified atom stereocenters. The molecule has 10 nitrogen and oxygen atoms in total. The summed E-state index contributed by atoms with van der Waals surface area (Å²) in [5.74, 6) is -3.08. The summed E-state index contributed by atoms with van der Waals surface area (Å²) in [7, 11) is 0. The van der Waals surface area contributed by atoms with E-state index in [-0.39, 0.29) is 43.3 Å².